The molecule has 0 unspecified atom stereocenters. The van der Waals surface area contributed by atoms with Crippen LogP contribution < -0.4 is 10.2 Å². The van der Waals surface area contributed by atoms with Gasteiger partial charge in [0.15, 0.2) is 0 Å². The quantitative estimate of drug-likeness (QED) is 0.426. The van der Waals surface area contributed by atoms with Crippen molar-refractivity contribution in [1.29, 1.82) is 0 Å². The molecule has 7 nitrogen and oxygen atoms in total. The lowest BCUT2D eigenvalue weighted by molar-refractivity contribution is -0.137. The monoisotopic (exact) mass is 480 g/mol. The van der Waals surface area contributed by atoms with Crippen LogP contribution in [0.3, 0.4) is 0 Å². The molecule has 3 heterocycles. The van der Waals surface area contributed by atoms with Gasteiger partial charge in [-0.3, -0.25) is 9.20 Å². The van der Waals surface area contributed by atoms with Gasteiger partial charge in [-0.1, -0.05) is 24.3 Å². The van der Waals surface area contributed by atoms with E-state index in [1.807, 2.05) is 0 Å². The number of amides is 1. The van der Waals surface area contributed by atoms with Crippen LogP contribution in [0.15, 0.2) is 54.9 Å². The van der Waals surface area contributed by atoms with Gasteiger partial charge in [0.05, 0.1) is 17.4 Å². The summed E-state index contributed by atoms with van der Waals surface area (Å²) in [5.74, 6) is 0.804. The van der Waals surface area contributed by atoms with Gasteiger partial charge in [0.25, 0.3) is 11.7 Å². The summed E-state index contributed by atoms with van der Waals surface area (Å²) in [7, 11) is 0. The van der Waals surface area contributed by atoms with Crippen LogP contribution in [0, 0.1) is 6.92 Å². The van der Waals surface area contributed by atoms with Gasteiger partial charge >= 0.3 is 6.18 Å². The molecule has 0 spiro atoms. The Morgan fingerprint density at radius 3 is 2.46 bits per heavy atom. The number of carbonyl (C=O) groups is 1. The molecule has 5 rings (SSSR count). The standard InChI is InChI=1S/C25H23F3N6O/c1-16-20(17-8-10-18(11-9-17)25(26,27)28)6-5-7-21(16)22(35)30-19-14-29-23-31-32-24(34(23)15-19)33-12-3-2-4-13-33/h5-11,14-15H,2-4,12-13H2,1H3,(H,30,35). The van der Waals surface area contributed by atoms with Crippen LogP contribution in [-0.4, -0.2) is 38.6 Å². The van der Waals surface area contributed by atoms with Crippen molar-refractivity contribution in [3.63, 3.8) is 0 Å². The lowest BCUT2D eigenvalue weighted by Crippen LogP contribution is -2.31. The summed E-state index contributed by atoms with van der Waals surface area (Å²) < 4.78 is 40.5. The van der Waals surface area contributed by atoms with Crippen molar-refractivity contribution < 1.29 is 18.0 Å². The molecular weight excluding hydrogens is 457 g/mol. The predicted octanol–water partition coefficient (Wildman–Crippen LogP) is 5.36. The molecule has 0 radical (unpaired) electrons. The predicted molar refractivity (Wildman–Crippen MR) is 126 cm³/mol. The molecule has 1 N–H and O–H groups in total. The Kier molecular flexibility index (Phi) is 5.88. The SMILES string of the molecule is Cc1c(C(=O)Nc2cnc3nnc(N4CCCCC4)n3c2)cccc1-c1ccc(C(F)(F)F)cc1. The fraction of sp³-hybridized carbons (Fsp3) is 0.280. The number of hydrogen-bond acceptors (Lipinski definition) is 5. The van der Waals surface area contributed by atoms with Gasteiger partial charge in [0.2, 0.25) is 5.95 Å². The van der Waals surface area contributed by atoms with Crippen LogP contribution >= 0.6 is 0 Å². The van der Waals surface area contributed by atoms with Crippen LogP contribution in [0.25, 0.3) is 16.9 Å². The van der Waals surface area contributed by atoms with Gasteiger partial charge < -0.3 is 10.2 Å². The number of fused-ring (bicyclic) bond motifs is 1. The van der Waals surface area contributed by atoms with Crippen LogP contribution in [0.4, 0.5) is 24.8 Å². The van der Waals surface area contributed by atoms with Crippen LogP contribution in [0.2, 0.25) is 0 Å². The zero-order chi connectivity index (χ0) is 24.6. The largest absolute Gasteiger partial charge is 0.416 e. The third-order valence-electron chi connectivity index (χ3n) is 6.25. The first-order valence-corrected chi connectivity index (χ1v) is 11.4. The number of halogens is 3. The zero-order valence-corrected chi connectivity index (χ0v) is 19.0. The van der Waals surface area contributed by atoms with E-state index in [1.54, 1.807) is 35.7 Å². The highest BCUT2D eigenvalue weighted by atomic mass is 19.4. The van der Waals surface area contributed by atoms with Gasteiger partial charge in [0.1, 0.15) is 0 Å². The molecule has 4 aromatic rings. The van der Waals surface area contributed by atoms with Crippen molar-refractivity contribution in [2.75, 3.05) is 23.3 Å². The first-order chi connectivity index (χ1) is 16.8. The van der Waals surface area contributed by atoms with Crippen molar-refractivity contribution in [3.8, 4) is 11.1 Å². The van der Waals surface area contributed by atoms with E-state index in [0.717, 1.165) is 38.1 Å². The maximum absolute atomic E-state index is 13.1. The Labute approximate surface area is 199 Å². The molecular formula is C25H23F3N6O. The fourth-order valence-corrected chi connectivity index (χ4v) is 4.38. The molecule has 0 aliphatic carbocycles. The number of anilines is 2. The van der Waals surface area contributed by atoms with E-state index in [4.69, 9.17) is 0 Å². The van der Waals surface area contributed by atoms with E-state index < -0.39 is 11.7 Å². The Balaban J connectivity index is 1.40. The summed E-state index contributed by atoms with van der Waals surface area (Å²) in [6.45, 7) is 3.57. The van der Waals surface area contributed by atoms with Crippen molar-refractivity contribution in [3.05, 3.63) is 71.5 Å². The van der Waals surface area contributed by atoms with Crippen LogP contribution in [-0.2, 0) is 6.18 Å². The third-order valence-corrected chi connectivity index (χ3v) is 6.25. The molecule has 2 aromatic carbocycles. The highest BCUT2D eigenvalue weighted by Crippen LogP contribution is 2.32. The lowest BCUT2D eigenvalue weighted by Gasteiger charge is -2.26. The summed E-state index contributed by atoms with van der Waals surface area (Å²) >= 11 is 0. The van der Waals surface area contributed by atoms with Gasteiger partial charge in [-0.25, -0.2) is 4.98 Å². The second-order valence-electron chi connectivity index (χ2n) is 8.57. The first kappa shape index (κ1) is 22.8. The smallest absolute Gasteiger partial charge is 0.341 e. The zero-order valence-electron chi connectivity index (χ0n) is 19.0. The maximum Gasteiger partial charge on any atom is 0.416 e. The molecule has 1 amide bonds. The summed E-state index contributed by atoms with van der Waals surface area (Å²) in [5.41, 5.74) is 2.14. The summed E-state index contributed by atoms with van der Waals surface area (Å²) in [5, 5.41) is 11.3. The number of alkyl halides is 3. The molecule has 1 fully saturated rings. The van der Waals surface area contributed by atoms with E-state index in [0.29, 0.717) is 39.7 Å². The summed E-state index contributed by atoms with van der Waals surface area (Å²) in [6.07, 6.45) is 2.25. The van der Waals surface area contributed by atoms with Gasteiger partial charge in [-0.2, -0.15) is 13.2 Å². The second-order valence-corrected chi connectivity index (χ2v) is 8.57. The average Bonchev–Trinajstić information content (AvgIpc) is 3.27. The molecule has 35 heavy (non-hydrogen) atoms. The minimum absolute atomic E-state index is 0.343. The number of nitrogens with one attached hydrogen (secondary N) is 1. The highest BCUT2D eigenvalue weighted by molar-refractivity contribution is 6.06. The van der Waals surface area contributed by atoms with Gasteiger partial charge in [-0.15, -0.1) is 10.2 Å². The molecule has 0 saturated carbocycles. The molecule has 1 aliphatic rings. The van der Waals surface area contributed by atoms with E-state index in [2.05, 4.69) is 25.4 Å². The second kappa shape index (κ2) is 9.01. The van der Waals surface area contributed by atoms with Gasteiger partial charge in [0, 0.05) is 24.8 Å². The summed E-state index contributed by atoms with van der Waals surface area (Å²) in [4.78, 5) is 19.6. The molecule has 1 saturated heterocycles. The van der Waals surface area contributed by atoms with E-state index in [1.165, 1.54) is 24.8 Å². The number of hydrogen-bond donors (Lipinski definition) is 1. The maximum atomic E-state index is 13.1. The molecule has 0 bridgehead atoms. The fourth-order valence-electron chi connectivity index (χ4n) is 4.38. The molecule has 1 aliphatic heterocycles. The van der Waals surface area contributed by atoms with E-state index >= 15 is 0 Å². The Hall–Kier alpha value is -3.95. The minimum Gasteiger partial charge on any atom is -0.341 e. The van der Waals surface area contributed by atoms with Crippen LogP contribution in [0.5, 0.6) is 0 Å². The Bertz CT molecular complexity index is 1370. The van der Waals surface area contributed by atoms with E-state index in [9.17, 15) is 18.0 Å². The number of benzene rings is 2. The topological polar surface area (TPSA) is 75.4 Å². The number of carbonyl (C=O) groups excluding carboxylic acids is 1. The highest BCUT2D eigenvalue weighted by Gasteiger charge is 2.30. The van der Waals surface area contributed by atoms with Crippen molar-refractivity contribution >= 4 is 23.3 Å². The van der Waals surface area contributed by atoms with Gasteiger partial charge in [-0.05, 0) is 61.1 Å². The average molecular weight is 480 g/mol. The van der Waals surface area contributed by atoms with Crippen molar-refractivity contribution in [2.45, 2.75) is 32.4 Å². The number of rotatable bonds is 4. The molecule has 180 valence electrons. The van der Waals surface area contributed by atoms with Crippen molar-refractivity contribution in [1.82, 2.24) is 19.6 Å². The van der Waals surface area contributed by atoms with Crippen molar-refractivity contribution in [2.24, 2.45) is 0 Å². The third kappa shape index (κ3) is 4.55. The molecule has 0 atom stereocenters. The first-order valence-electron chi connectivity index (χ1n) is 11.4. The molecule has 10 heteroatoms. The Morgan fingerprint density at radius 2 is 1.74 bits per heavy atom. The summed E-state index contributed by atoms with van der Waals surface area (Å²) in [6, 6.07) is 10.1. The number of piperidine rings is 1. The number of nitrogens with zero attached hydrogens (tertiary/aromatic N) is 5. The normalized spacial score (nSPS) is 14.3. The minimum atomic E-state index is -4.40. The number of aromatic nitrogens is 4. The lowest BCUT2D eigenvalue weighted by atomic mass is 9.95. The Morgan fingerprint density at radius 1 is 1.00 bits per heavy atom. The molecule has 2 aromatic heterocycles. The van der Waals surface area contributed by atoms with Crippen LogP contribution in [0.1, 0.15) is 40.7 Å². The van der Waals surface area contributed by atoms with E-state index in [-0.39, 0.29) is 5.91 Å².